The molecule has 0 spiro atoms. The van der Waals surface area contributed by atoms with Crippen molar-refractivity contribution in [1.82, 2.24) is 9.78 Å². The molecule has 6 nitrogen and oxygen atoms in total. The first kappa shape index (κ1) is 17.4. The molecule has 2 heterocycles. The standard InChI is InChI=1S/C20H18ClN3O3/c1-13-19(27-17-5-3-2-4-16(17)26-13)20(25)23-18-10-11-22-24(18)12-14-6-8-15(21)9-7-14/h2-11,13,19H,12H2,1H3,(H,23,25)/t13-,19+/m0/s1. The zero-order valence-corrected chi connectivity index (χ0v) is 15.4. The van der Waals surface area contributed by atoms with Crippen LogP contribution in [0, 0.1) is 0 Å². The van der Waals surface area contributed by atoms with Crippen LogP contribution in [0.5, 0.6) is 11.5 Å². The van der Waals surface area contributed by atoms with Gasteiger partial charge in [0.15, 0.2) is 11.5 Å². The Bertz CT molecular complexity index is 955. The molecule has 0 saturated heterocycles. The highest BCUT2D eigenvalue weighted by atomic mass is 35.5. The number of nitrogens with one attached hydrogen (secondary N) is 1. The average Bonchev–Trinajstić information content (AvgIpc) is 3.09. The first-order valence-corrected chi connectivity index (χ1v) is 8.97. The molecule has 0 bridgehead atoms. The maximum atomic E-state index is 12.8. The van der Waals surface area contributed by atoms with E-state index in [9.17, 15) is 4.79 Å². The predicted molar refractivity (Wildman–Crippen MR) is 102 cm³/mol. The topological polar surface area (TPSA) is 65.4 Å². The zero-order chi connectivity index (χ0) is 18.8. The second-order valence-electron chi connectivity index (χ2n) is 6.30. The summed E-state index contributed by atoms with van der Waals surface area (Å²) >= 11 is 5.92. The van der Waals surface area contributed by atoms with Gasteiger partial charge in [0.05, 0.1) is 12.7 Å². The minimum Gasteiger partial charge on any atom is -0.482 e. The summed E-state index contributed by atoms with van der Waals surface area (Å²) in [6.07, 6.45) is 0.481. The molecule has 2 aromatic carbocycles. The van der Waals surface area contributed by atoms with E-state index < -0.39 is 12.2 Å². The summed E-state index contributed by atoms with van der Waals surface area (Å²) < 4.78 is 13.4. The van der Waals surface area contributed by atoms with Crippen molar-refractivity contribution in [2.24, 2.45) is 0 Å². The maximum absolute atomic E-state index is 12.8. The molecule has 27 heavy (non-hydrogen) atoms. The lowest BCUT2D eigenvalue weighted by Gasteiger charge is -2.31. The van der Waals surface area contributed by atoms with E-state index in [0.29, 0.717) is 28.9 Å². The van der Waals surface area contributed by atoms with Crippen LogP contribution in [0.4, 0.5) is 5.82 Å². The Kier molecular flexibility index (Phi) is 4.73. The molecule has 1 aromatic heterocycles. The number of amides is 1. The third kappa shape index (κ3) is 3.75. The van der Waals surface area contributed by atoms with Gasteiger partial charge in [0, 0.05) is 11.1 Å². The van der Waals surface area contributed by atoms with Crippen molar-refractivity contribution in [2.45, 2.75) is 25.7 Å². The van der Waals surface area contributed by atoms with Gasteiger partial charge in [0.25, 0.3) is 5.91 Å². The molecule has 0 unspecified atom stereocenters. The molecule has 4 rings (SSSR count). The highest BCUT2D eigenvalue weighted by Gasteiger charge is 2.34. The summed E-state index contributed by atoms with van der Waals surface area (Å²) in [5.41, 5.74) is 1.03. The summed E-state index contributed by atoms with van der Waals surface area (Å²) in [4.78, 5) is 12.8. The maximum Gasteiger partial charge on any atom is 0.270 e. The summed E-state index contributed by atoms with van der Waals surface area (Å²) in [7, 11) is 0. The molecule has 0 fully saturated rings. The number of fused-ring (bicyclic) bond motifs is 1. The number of anilines is 1. The molecule has 1 N–H and O–H groups in total. The molecule has 1 amide bonds. The molecule has 0 saturated carbocycles. The minimum absolute atomic E-state index is 0.283. The van der Waals surface area contributed by atoms with Gasteiger partial charge < -0.3 is 14.8 Å². The van der Waals surface area contributed by atoms with Gasteiger partial charge in [0.1, 0.15) is 11.9 Å². The summed E-state index contributed by atoms with van der Waals surface area (Å²) in [6, 6.07) is 16.6. The van der Waals surface area contributed by atoms with Crippen LogP contribution in [0.3, 0.4) is 0 Å². The Morgan fingerprint density at radius 3 is 2.56 bits per heavy atom. The molecular formula is C20H18ClN3O3. The largest absolute Gasteiger partial charge is 0.482 e. The van der Waals surface area contributed by atoms with Crippen molar-refractivity contribution >= 4 is 23.3 Å². The zero-order valence-electron chi connectivity index (χ0n) is 14.6. The fraction of sp³-hybridized carbons (Fsp3) is 0.200. The number of benzene rings is 2. The first-order valence-electron chi connectivity index (χ1n) is 8.59. The average molecular weight is 384 g/mol. The van der Waals surface area contributed by atoms with Crippen LogP contribution < -0.4 is 14.8 Å². The Morgan fingerprint density at radius 1 is 1.11 bits per heavy atom. The number of hydrogen-bond donors (Lipinski definition) is 1. The summed E-state index contributed by atoms with van der Waals surface area (Å²) in [6.45, 7) is 2.32. The number of ether oxygens (including phenoxy) is 2. The first-order chi connectivity index (χ1) is 13.1. The van der Waals surface area contributed by atoms with E-state index in [1.54, 1.807) is 23.0 Å². The van der Waals surface area contributed by atoms with Crippen molar-refractivity contribution in [1.29, 1.82) is 0 Å². The number of aromatic nitrogens is 2. The predicted octanol–water partition coefficient (Wildman–Crippen LogP) is 3.75. The fourth-order valence-corrected chi connectivity index (χ4v) is 3.06. The van der Waals surface area contributed by atoms with Gasteiger partial charge in [-0.25, -0.2) is 4.68 Å². The lowest BCUT2D eigenvalue weighted by Crippen LogP contribution is -2.46. The van der Waals surface area contributed by atoms with E-state index in [4.69, 9.17) is 21.1 Å². The van der Waals surface area contributed by atoms with Gasteiger partial charge in [0.2, 0.25) is 6.10 Å². The van der Waals surface area contributed by atoms with Crippen molar-refractivity contribution in [3.8, 4) is 11.5 Å². The molecular weight excluding hydrogens is 366 g/mol. The third-order valence-electron chi connectivity index (χ3n) is 4.31. The van der Waals surface area contributed by atoms with E-state index >= 15 is 0 Å². The van der Waals surface area contributed by atoms with Gasteiger partial charge in [-0.1, -0.05) is 35.9 Å². The van der Waals surface area contributed by atoms with Crippen molar-refractivity contribution < 1.29 is 14.3 Å². The van der Waals surface area contributed by atoms with Gasteiger partial charge in [-0.2, -0.15) is 5.10 Å². The summed E-state index contributed by atoms with van der Waals surface area (Å²) in [5, 5.41) is 7.84. The van der Waals surface area contributed by atoms with Gasteiger partial charge >= 0.3 is 0 Å². The van der Waals surface area contributed by atoms with Crippen LogP contribution in [-0.2, 0) is 11.3 Å². The molecule has 0 aliphatic carbocycles. The molecule has 7 heteroatoms. The number of para-hydroxylation sites is 2. The number of carbonyl (C=O) groups is 1. The van der Waals surface area contributed by atoms with Crippen LogP contribution >= 0.6 is 11.6 Å². The second-order valence-corrected chi connectivity index (χ2v) is 6.73. The van der Waals surface area contributed by atoms with Crippen LogP contribution in [0.25, 0.3) is 0 Å². The number of nitrogens with zero attached hydrogens (tertiary/aromatic N) is 2. The SMILES string of the molecule is C[C@@H]1Oc2ccccc2O[C@H]1C(=O)Nc1ccnn1Cc1ccc(Cl)cc1. The van der Waals surface area contributed by atoms with Gasteiger partial charge in [-0.15, -0.1) is 0 Å². The van der Waals surface area contributed by atoms with E-state index in [1.807, 2.05) is 49.4 Å². The molecule has 1 aliphatic rings. The Balaban J connectivity index is 1.47. The van der Waals surface area contributed by atoms with Crippen LogP contribution in [-0.4, -0.2) is 27.9 Å². The molecule has 0 radical (unpaired) electrons. The van der Waals surface area contributed by atoms with Crippen molar-refractivity contribution in [3.05, 3.63) is 71.4 Å². The van der Waals surface area contributed by atoms with Crippen molar-refractivity contribution in [2.75, 3.05) is 5.32 Å². The lowest BCUT2D eigenvalue weighted by atomic mass is 10.1. The van der Waals surface area contributed by atoms with E-state index in [2.05, 4.69) is 10.4 Å². The third-order valence-corrected chi connectivity index (χ3v) is 4.57. The highest BCUT2D eigenvalue weighted by Crippen LogP contribution is 2.33. The van der Waals surface area contributed by atoms with Crippen LogP contribution in [0.15, 0.2) is 60.8 Å². The number of rotatable bonds is 4. The Morgan fingerprint density at radius 2 is 1.81 bits per heavy atom. The normalized spacial score (nSPS) is 18.1. The number of hydrogen-bond acceptors (Lipinski definition) is 4. The summed E-state index contributed by atoms with van der Waals surface area (Å²) in [5.74, 6) is 1.51. The fourth-order valence-electron chi connectivity index (χ4n) is 2.93. The monoisotopic (exact) mass is 383 g/mol. The number of carbonyl (C=O) groups excluding carboxylic acids is 1. The Labute approximate surface area is 161 Å². The van der Waals surface area contributed by atoms with E-state index in [-0.39, 0.29) is 5.91 Å². The van der Waals surface area contributed by atoms with Crippen LogP contribution in [0.2, 0.25) is 5.02 Å². The van der Waals surface area contributed by atoms with E-state index in [1.165, 1.54) is 0 Å². The van der Waals surface area contributed by atoms with Gasteiger partial charge in [-0.3, -0.25) is 4.79 Å². The lowest BCUT2D eigenvalue weighted by molar-refractivity contribution is -0.128. The molecule has 3 aromatic rings. The highest BCUT2D eigenvalue weighted by molar-refractivity contribution is 6.30. The second kappa shape index (κ2) is 7.32. The van der Waals surface area contributed by atoms with Gasteiger partial charge in [-0.05, 0) is 36.8 Å². The Hall–Kier alpha value is -2.99. The van der Waals surface area contributed by atoms with E-state index in [0.717, 1.165) is 5.56 Å². The molecule has 138 valence electrons. The van der Waals surface area contributed by atoms with Crippen LogP contribution in [0.1, 0.15) is 12.5 Å². The number of halogens is 1. The minimum atomic E-state index is -0.751. The van der Waals surface area contributed by atoms with Crippen molar-refractivity contribution in [3.63, 3.8) is 0 Å². The quantitative estimate of drug-likeness (QED) is 0.745. The molecule has 1 aliphatic heterocycles. The molecule has 2 atom stereocenters. The smallest absolute Gasteiger partial charge is 0.270 e.